The molecule has 0 bridgehead atoms. The minimum Gasteiger partial charge on any atom is -0.483 e. The van der Waals surface area contributed by atoms with Crippen molar-refractivity contribution in [3.63, 3.8) is 0 Å². The molecule has 0 spiro atoms. The normalized spacial score (nSPS) is 7.82. The number of carboxylic acid groups (broad SMARTS) is 1. The second-order valence-electron chi connectivity index (χ2n) is 1.79. The summed E-state index contributed by atoms with van der Waals surface area (Å²) in [7, 11) is 0. The van der Waals surface area contributed by atoms with E-state index in [4.69, 9.17) is 9.90 Å². The van der Waals surface area contributed by atoms with Gasteiger partial charge < -0.3 is 5.11 Å². The third-order valence-electron chi connectivity index (χ3n) is 0.842. The maximum absolute atomic E-state index is 8.36. The van der Waals surface area contributed by atoms with Crippen LogP contribution in [-0.2, 0) is 4.79 Å². The molecule has 1 aromatic rings. The van der Waals surface area contributed by atoms with Crippen LogP contribution in [0, 0.1) is 6.92 Å². The number of nitrogens with zero attached hydrogens (tertiary/aromatic N) is 1. The van der Waals surface area contributed by atoms with Gasteiger partial charge in [0.15, 0.2) is 0 Å². The number of hydrogen-bond donors (Lipinski definition) is 1. The lowest BCUT2D eigenvalue weighted by Crippen LogP contribution is -1.73. The summed E-state index contributed by atoms with van der Waals surface area (Å²) >= 11 is 3.30. The Bertz CT molecular complexity index is 210. The molecule has 0 saturated carbocycles. The Hall–Kier alpha value is -0.900. The summed E-state index contributed by atoms with van der Waals surface area (Å²) in [6.07, 6.45) is 3.60. The molecule has 0 fully saturated rings. The number of halogens is 1. The molecule has 0 aliphatic carbocycles. The van der Waals surface area contributed by atoms with Gasteiger partial charge in [-0.05, 0) is 34.5 Å². The van der Waals surface area contributed by atoms with Crippen LogP contribution in [0.3, 0.4) is 0 Å². The molecule has 60 valence electrons. The number of aryl methyl sites for hydroxylation is 1. The number of rotatable bonds is 0. The van der Waals surface area contributed by atoms with E-state index in [1.807, 2.05) is 19.2 Å². The second-order valence-corrected chi connectivity index (χ2v) is 2.70. The third kappa shape index (κ3) is 5.54. The van der Waals surface area contributed by atoms with Crippen molar-refractivity contribution in [1.29, 1.82) is 0 Å². The van der Waals surface area contributed by atoms with E-state index in [1.165, 1.54) is 5.56 Å². The summed E-state index contributed by atoms with van der Waals surface area (Å²) in [6, 6.07) is 2.02. The van der Waals surface area contributed by atoms with Crippen LogP contribution in [0.4, 0.5) is 0 Å². The van der Waals surface area contributed by atoms with Crippen molar-refractivity contribution >= 4 is 22.4 Å². The maximum atomic E-state index is 8.36. The molecule has 1 heterocycles. The third-order valence-corrected chi connectivity index (χ3v) is 1.28. The SMILES string of the molecule is Cc1cncc(Br)c1.O=CO. The van der Waals surface area contributed by atoms with Crippen LogP contribution >= 0.6 is 15.9 Å². The highest BCUT2D eigenvalue weighted by Crippen LogP contribution is 2.07. The first-order valence-electron chi connectivity index (χ1n) is 2.85. The van der Waals surface area contributed by atoms with Gasteiger partial charge in [0.2, 0.25) is 0 Å². The van der Waals surface area contributed by atoms with Gasteiger partial charge in [-0.1, -0.05) is 0 Å². The van der Waals surface area contributed by atoms with E-state index in [-0.39, 0.29) is 6.47 Å². The van der Waals surface area contributed by atoms with Crippen LogP contribution in [0.5, 0.6) is 0 Å². The van der Waals surface area contributed by atoms with Gasteiger partial charge in [0, 0.05) is 16.9 Å². The topological polar surface area (TPSA) is 50.2 Å². The average Bonchev–Trinajstić information content (AvgIpc) is 1.88. The van der Waals surface area contributed by atoms with Gasteiger partial charge in [0.25, 0.3) is 6.47 Å². The largest absolute Gasteiger partial charge is 0.483 e. The van der Waals surface area contributed by atoms with Gasteiger partial charge in [-0.25, -0.2) is 0 Å². The Morgan fingerprint density at radius 3 is 2.45 bits per heavy atom. The standard InChI is InChI=1S/C6H6BrN.CH2O2/c1-5-2-6(7)4-8-3-5;2-1-3/h2-4H,1H3;1H,(H,2,3). The van der Waals surface area contributed by atoms with E-state index in [0.717, 1.165) is 4.47 Å². The first-order chi connectivity index (χ1) is 5.20. The van der Waals surface area contributed by atoms with Crippen LogP contribution in [0.1, 0.15) is 5.56 Å². The summed E-state index contributed by atoms with van der Waals surface area (Å²) < 4.78 is 1.04. The monoisotopic (exact) mass is 217 g/mol. The molecule has 0 aromatic carbocycles. The quantitative estimate of drug-likeness (QED) is 0.676. The van der Waals surface area contributed by atoms with Gasteiger partial charge in [-0.2, -0.15) is 0 Å². The Labute approximate surface area is 73.2 Å². The number of carbonyl (C=O) groups is 1. The molecule has 0 saturated heterocycles. The molecule has 0 unspecified atom stereocenters. The molecule has 0 radical (unpaired) electrons. The summed E-state index contributed by atoms with van der Waals surface area (Å²) in [5.41, 5.74) is 1.18. The zero-order chi connectivity index (χ0) is 8.69. The predicted molar refractivity (Wildman–Crippen MR) is 45.4 cm³/mol. The van der Waals surface area contributed by atoms with E-state index in [9.17, 15) is 0 Å². The first-order valence-corrected chi connectivity index (χ1v) is 3.65. The highest BCUT2D eigenvalue weighted by atomic mass is 79.9. The fraction of sp³-hybridized carbons (Fsp3) is 0.143. The van der Waals surface area contributed by atoms with Gasteiger partial charge in [-0.15, -0.1) is 0 Å². The Morgan fingerprint density at radius 1 is 1.64 bits per heavy atom. The van der Waals surface area contributed by atoms with E-state index in [2.05, 4.69) is 20.9 Å². The highest BCUT2D eigenvalue weighted by Gasteiger charge is 1.83. The van der Waals surface area contributed by atoms with Crippen LogP contribution in [0.25, 0.3) is 0 Å². The summed E-state index contributed by atoms with van der Waals surface area (Å²) in [6.45, 7) is 1.76. The van der Waals surface area contributed by atoms with E-state index >= 15 is 0 Å². The smallest absolute Gasteiger partial charge is 0.290 e. The van der Waals surface area contributed by atoms with Crippen LogP contribution < -0.4 is 0 Å². The molecule has 0 atom stereocenters. The summed E-state index contributed by atoms with van der Waals surface area (Å²) in [4.78, 5) is 12.3. The minimum atomic E-state index is -0.250. The molecular formula is C7H8BrNO2. The molecule has 0 aliphatic heterocycles. The van der Waals surface area contributed by atoms with Crippen LogP contribution in [-0.4, -0.2) is 16.6 Å². The summed E-state index contributed by atoms with van der Waals surface area (Å²) in [5, 5.41) is 6.89. The maximum Gasteiger partial charge on any atom is 0.290 e. The van der Waals surface area contributed by atoms with Gasteiger partial charge >= 0.3 is 0 Å². The highest BCUT2D eigenvalue weighted by molar-refractivity contribution is 9.10. The van der Waals surface area contributed by atoms with Crippen molar-refractivity contribution in [1.82, 2.24) is 4.98 Å². The predicted octanol–water partition coefficient (Wildman–Crippen LogP) is 1.85. The Morgan fingerprint density at radius 2 is 2.18 bits per heavy atom. The number of hydrogen-bond acceptors (Lipinski definition) is 2. The van der Waals surface area contributed by atoms with Crippen molar-refractivity contribution in [3.05, 3.63) is 28.5 Å². The average molecular weight is 218 g/mol. The lowest BCUT2D eigenvalue weighted by atomic mass is 10.3. The molecule has 1 aromatic heterocycles. The molecular weight excluding hydrogens is 210 g/mol. The Balaban J connectivity index is 0.000000292. The fourth-order valence-corrected chi connectivity index (χ4v) is 0.997. The number of pyridine rings is 1. The molecule has 0 amide bonds. The molecule has 0 aliphatic rings. The Kier molecular flexibility index (Phi) is 5.37. The molecule has 1 N–H and O–H groups in total. The van der Waals surface area contributed by atoms with Crippen molar-refractivity contribution in [3.8, 4) is 0 Å². The van der Waals surface area contributed by atoms with E-state index in [1.54, 1.807) is 6.20 Å². The number of aromatic nitrogens is 1. The van der Waals surface area contributed by atoms with E-state index < -0.39 is 0 Å². The van der Waals surface area contributed by atoms with Crippen LogP contribution in [0.2, 0.25) is 0 Å². The van der Waals surface area contributed by atoms with E-state index in [0.29, 0.717) is 0 Å². The van der Waals surface area contributed by atoms with Gasteiger partial charge in [0.1, 0.15) is 0 Å². The molecule has 3 nitrogen and oxygen atoms in total. The molecule has 4 heteroatoms. The lowest BCUT2D eigenvalue weighted by molar-refractivity contribution is -0.122. The second kappa shape index (κ2) is 5.85. The molecule has 11 heavy (non-hydrogen) atoms. The van der Waals surface area contributed by atoms with Gasteiger partial charge in [-0.3, -0.25) is 9.78 Å². The van der Waals surface area contributed by atoms with Crippen molar-refractivity contribution in [2.24, 2.45) is 0 Å². The first kappa shape index (κ1) is 10.1. The zero-order valence-electron chi connectivity index (χ0n) is 5.99. The van der Waals surface area contributed by atoms with Crippen molar-refractivity contribution in [2.75, 3.05) is 0 Å². The van der Waals surface area contributed by atoms with Crippen molar-refractivity contribution < 1.29 is 9.90 Å². The lowest BCUT2D eigenvalue weighted by Gasteiger charge is -1.88. The zero-order valence-corrected chi connectivity index (χ0v) is 7.58. The van der Waals surface area contributed by atoms with Crippen molar-refractivity contribution in [2.45, 2.75) is 6.92 Å². The fourth-order valence-electron chi connectivity index (χ4n) is 0.518. The molecule has 1 rings (SSSR count). The van der Waals surface area contributed by atoms with Crippen LogP contribution in [0.15, 0.2) is 22.9 Å². The summed E-state index contributed by atoms with van der Waals surface area (Å²) in [5.74, 6) is 0. The minimum absolute atomic E-state index is 0.250. The van der Waals surface area contributed by atoms with Gasteiger partial charge in [0.05, 0.1) is 0 Å².